The van der Waals surface area contributed by atoms with Crippen molar-refractivity contribution in [2.75, 3.05) is 18.0 Å². The summed E-state index contributed by atoms with van der Waals surface area (Å²) in [7, 11) is 0. The van der Waals surface area contributed by atoms with Crippen LogP contribution in [0.25, 0.3) is 0 Å². The number of piperidine rings is 1. The molecule has 98 valence electrons. The second kappa shape index (κ2) is 4.55. The van der Waals surface area contributed by atoms with Crippen LogP contribution in [0.2, 0.25) is 0 Å². The molecule has 2 heterocycles. The van der Waals surface area contributed by atoms with Gasteiger partial charge in [-0.15, -0.1) is 0 Å². The third-order valence-electron chi connectivity index (χ3n) is 2.77. The Kier molecular flexibility index (Phi) is 3.23. The number of alkyl halides is 3. The van der Waals surface area contributed by atoms with Crippen molar-refractivity contribution in [3.63, 3.8) is 0 Å². The Hall–Kier alpha value is -1.66. The first-order valence-corrected chi connectivity index (χ1v) is 5.37. The Morgan fingerprint density at radius 2 is 1.83 bits per heavy atom. The zero-order valence-electron chi connectivity index (χ0n) is 9.30. The minimum Gasteiger partial charge on any atom is -0.353 e. The molecule has 0 aromatic carbocycles. The Balaban J connectivity index is 2.22. The highest BCUT2D eigenvalue weighted by Crippen LogP contribution is 2.31. The molecule has 0 atom stereocenters. The van der Waals surface area contributed by atoms with Crippen LogP contribution in [0.3, 0.4) is 0 Å². The number of hydrogen-bond donors (Lipinski definition) is 0. The number of Topliss-reactive ketones (excluding diaryl/α,β-unsaturated/α-hetero) is 1. The average Bonchev–Trinajstić information content (AvgIpc) is 2.29. The molecular formula is C11H10F4N2O. The molecule has 1 aromatic heterocycles. The molecular weight excluding hydrogens is 252 g/mol. The van der Waals surface area contributed by atoms with Crippen LogP contribution in [0.5, 0.6) is 0 Å². The van der Waals surface area contributed by atoms with E-state index < -0.39 is 17.6 Å². The van der Waals surface area contributed by atoms with Gasteiger partial charge >= 0.3 is 6.18 Å². The summed E-state index contributed by atoms with van der Waals surface area (Å²) in [5.41, 5.74) is -1.11. The first-order valence-electron chi connectivity index (χ1n) is 5.37. The van der Waals surface area contributed by atoms with Crippen molar-refractivity contribution in [2.45, 2.75) is 19.0 Å². The van der Waals surface area contributed by atoms with Crippen molar-refractivity contribution < 1.29 is 22.4 Å². The third-order valence-corrected chi connectivity index (χ3v) is 2.77. The number of pyridine rings is 1. The van der Waals surface area contributed by atoms with Crippen molar-refractivity contribution in [3.05, 3.63) is 23.6 Å². The van der Waals surface area contributed by atoms with Crippen molar-refractivity contribution in [1.29, 1.82) is 0 Å². The fourth-order valence-corrected chi connectivity index (χ4v) is 1.79. The number of carbonyl (C=O) groups is 1. The fraction of sp³-hybridized carbons (Fsp3) is 0.455. The van der Waals surface area contributed by atoms with Crippen LogP contribution in [-0.4, -0.2) is 23.9 Å². The van der Waals surface area contributed by atoms with E-state index in [4.69, 9.17) is 0 Å². The lowest BCUT2D eigenvalue weighted by atomic mass is 10.1. The van der Waals surface area contributed by atoms with Crippen LogP contribution >= 0.6 is 0 Å². The van der Waals surface area contributed by atoms with Gasteiger partial charge in [0, 0.05) is 32.1 Å². The van der Waals surface area contributed by atoms with Crippen LogP contribution in [0.4, 0.5) is 23.4 Å². The van der Waals surface area contributed by atoms with Gasteiger partial charge < -0.3 is 4.90 Å². The molecule has 3 nitrogen and oxygen atoms in total. The fourth-order valence-electron chi connectivity index (χ4n) is 1.79. The maximum absolute atomic E-state index is 13.6. The first-order chi connectivity index (χ1) is 8.38. The molecule has 0 bridgehead atoms. The Labute approximate surface area is 100 Å². The van der Waals surface area contributed by atoms with Crippen LogP contribution in [0, 0.1) is 5.82 Å². The lowest BCUT2D eigenvalue weighted by Gasteiger charge is -2.27. The maximum atomic E-state index is 13.6. The normalized spacial score (nSPS) is 17.1. The van der Waals surface area contributed by atoms with Crippen LogP contribution in [0.1, 0.15) is 18.4 Å². The molecule has 0 spiro atoms. The van der Waals surface area contributed by atoms with Gasteiger partial charge in [-0.2, -0.15) is 13.2 Å². The molecule has 0 N–H and O–H groups in total. The van der Waals surface area contributed by atoms with Gasteiger partial charge in [-0.3, -0.25) is 4.79 Å². The summed E-state index contributed by atoms with van der Waals surface area (Å²) in [6.45, 7) is 0.572. The summed E-state index contributed by atoms with van der Waals surface area (Å²) in [6.07, 6.45) is -3.47. The molecule has 18 heavy (non-hydrogen) atoms. The molecule has 1 fully saturated rings. The number of carbonyl (C=O) groups excluding carboxylic acids is 1. The van der Waals surface area contributed by atoms with E-state index in [1.807, 2.05) is 0 Å². The second-order valence-electron chi connectivity index (χ2n) is 4.05. The predicted molar refractivity (Wildman–Crippen MR) is 55.7 cm³/mol. The van der Waals surface area contributed by atoms with Crippen LogP contribution < -0.4 is 4.90 Å². The smallest absolute Gasteiger partial charge is 0.353 e. The molecule has 0 saturated carbocycles. The number of aromatic nitrogens is 1. The van der Waals surface area contributed by atoms with Gasteiger partial charge in [0.1, 0.15) is 5.78 Å². The van der Waals surface area contributed by atoms with E-state index in [9.17, 15) is 22.4 Å². The monoisotopic (exact) mass is 262 g/mol. The minimum atomic E-state index is -4.61. The molecule has 1 saturated heterocycles. The first kappa shape index (κ1) is 12.8. The number of halogens is 4. The summed E-state index contributed by atoms with van der Waals surface area (Å²) >= 11 is 0. The number of hydrogen-bond acceptors (Lipinski definition) is 3. The highest BCUT2D eigenvalue weighted by molar-refractivity contribution is 5.80. The molecule has 1 aromatic rings. The predicted octanol–water partition coefficient (Wildman–Crippen LogP) is 2.41. The molecule has 7 heteroatoms. The molecule has 0 amide bonds. The van der Waals surface area contributed by atoms with Crippen molar-refractivity contribution in [2.24, 2.45) is 0 Å². The van der Waals surface area contributed by atoms with Crippen molar-refractivity contribution in [3.8, 4) is 0 Å². The van der Waals surface area contributed by atoms with E-state index in [1.54, 1.807) is 0 Å². The minimum absolute atomic E-state index is 0.0681. The molecule has 0 aliphatic carbocycles. The number of rotatable bonds is 1. The highest BCUT2D eigenvalue weighted by atomic mass is 19.4. The van der Waals surface area contributed by atoms with Gasteiger partial charge in [0.15, 0.2) is 11.6 Å². The summed E-state index contributed by atoms with van der Waals surface area (Å²) in [5.74, 6) is -1.08. The van der Waals surface area contributed by atoms with Gasteiger partial charge in [-0.1, -0.05) is 0 Å². The maximum Gasteiger partial charge on any atom is 0.417 e. The Bertz CT molecular complexity index is 463. The van der Waals surface area contributed by atoms with E-state index >= 15 is 0 Å². The van der Waals surface area contributed by atoms with E-state index in [0.29, 0.717) is 12.3 Å². The molecule has 1 aliphatic heterocycles. The number of anilines is 1. The Morgan fingerprint density at radius 1 is 1.22 bits per heavy atom. The zero-order valence-corrected chi connectivity index (χ0v) is 9.30. The number of ketones is 1. The molecule has 2 rings (SSSR count). The van der Waals surface area contributed by atoms with Crippen LogP contribution in [0.15, 0.2) is 12.3 Å². The standard InChI is InChI=1S/C11H10F4N2O/c12-9-5-7(11(13,14)15)6-16-10(9)17-3-1-8(18)2-4-17/h5-6H,1-4H2. The van der Waals surface area contributed by atoms with E-state index in [2.05, 4.69) is 4.98 Å². The quantitative estimate of drug-likeness (QED) is 0.729. The van der Waals surface area contributed by atoms with E-state index in [-0.39, 0.29) is 37.5 Å². The molecule has 1 aliphatic rings. The van der Waals surface area contributed by atoms with Crippen molar-refractivity contribution >= 4 is 11.6 Å². The Morgan fingerprint density at radius 3 is 2.33 bits per heavy atom. The third kappa shape index (κ3) is 2.60. The lowest BCUT2D eigenvalue weighted by Crippen LogP contribution is -2.35. The van der Waals surface area contributed by atoms with Gasteiger partial charge in [0.05, 0.1) is 5.56 Å². The zero-order chi connectivity index (χ0) is 13.3. The number of nitrogens with zero attached hydrogens (tertiary/aromatic N) is 2. The lowest BCUT2D eigenvalue weighted by molar-refractivity contribution is -0.138. The molecule has 0 unspecified atom stereocenters. The van der Waals surface area contributed by atoms with E-state index in [0.717, 1.165) is 0 Å². The summed E-state index contributed by atoms with van der Waals surface area (Å²) < 4.78 is 50.6. The van der Waals surface area contributed by atoms with Crippen molar-refractivity contribution in [1.82, 2.24) is 4.98 Å². The van der Waals surface area contributed by atoms with E-state index in [1.165, 1.54) is 4.90 Å². The van der Waals surface area contributed by atoms with Gasteiger partial charge in [-0.05, 0) is 6.07 Å². The van der Waals surface area contributed by atoms with Crippen LogP contribution in [-0.2, 0) is 11.0 Å². The second-order valence-corrected chi connectivity index (χ2v) is 4.05. The van der Waals surface area contributed by atoms with Gasteiger partial charge in [0.2, 0.25) is 0 Å². The average molecular weight is 262 g/mol. The summed E-state index contributed by atoms with van der Waals surface area (Å²) in [4.78, 5) is 16.0. The summed E-state index contributed by atoms with van der Waals surface area (Å²) in [6, 6.07) is 0.429. The van der Waals surface area contributed by atoms with Gasteiger partial charge in [0.25, 0.3) is 0 Å². The SMILES string of the molecule is O=C1CCN(c2ncc(C(F)(F)F)cc2F)CC1. The summed E-state index contributed by atoms with van der Waals surface area (Å²) in [5, 5.41) is 0. The largest absolute Gasteiger partial charge is 0.417 e. The van der Waals surface area contributed by atoms with Gasteiger partial charge in [-0.25, -0.2) is 9.37 Å². The topological polar surface area (TPSA) is 33.2 Å². The molecule has 0 radical (unpaired) electrons. The highest BCUT2D eigenvalue weighted by Gasteiger charge is 2.32.